The van der Waals surface area contributed by atoms with E-state index in [0.717, 1.165) is 57.2 Å². The first-order chi connectivity index (χ1) is 14.2. The van der Waals surface area contributed by atoms with Crippen LogP contribution in [-0.4, -0.2) is 74.2 Å². The Morgan fingerprint density at radius 1 is 1.07 bits per heavy atom. The Balaban J connectivity index is 1.32. The van der Waals surface area contributed by atoms with Crippen LogP contribution < -0.4 is 10.2 Å². The highest BCUT2D eigenvalue weighted by Gasteiger charge is 2.23. The van der Waals surface area contributed by atoms with Crippen molar-refractivity contribution in [2.75, 3.05) is 57.4 Å². The zero-order valence-electron chi connectivity index (χ0n) is 16.4. The molecule has 0 bridgehead atoms. The van der Waals surface area contributed by atoms with Crippen molar-refractivity contribution in [3.8, 4) is 0 Å². The van der Waals surface area contributed by atoms with Gasteiger partial charge in [0.2, 0.25) is 0 Å². The number of thioether (sulfide) groups is 1. The number of ether oxygens (including phenoxy) is 1. The van der Waals surface area contributed by atoms with Crippen LogP contribution in [0.5, 0.6) is 0 Å². The minimum atomic E-state index is -0.0984. The molecule has 8 heteroatoms. The number of amides is 1. The number of nitrogens with one attached hydrogen (secondary N) is 1. The van der Waals surface area contributed by atoms with Crippen molar-refractivity contribution in [3.05, 3.63) is 34.7 Å². The molecule has 0 unspecified atom stereocenters. The largest absolute Gasteiger partial charge is 0.379 e. The van der Waals surface area contributed by atoms with Gasteiger partial charge in [0.05, 0.1) is 24.7 Å². The molecule has 3 aliphatic rings. The van der Waals surface area contributed by atoms with Gasteiger partial charge >= 0.3 is 0 Å². The van der Waals surface area contributed by atoms with E-state index in [0.29, 0.717) is 35.2 Å². The number of carbonyl (C=O) groups is 2. The van der Waals surface area contributed by atoms with Gasteiger partial charge in [-0.3, -0.25) is 19.5 Å². The van der Waals surface area contributed by atoms with E-state index >= 15 is 0 Å². The maximum atomic E-state index is 12.3. The molecule has 0 radical (unpaired) electrons. The molecule has 0 saturated carbocycles. The van der Waals surface area contributed by atoms with Crippen molar-refractivity contribution < 1.29 is 14.3 Å². The Bertz CT molecular complexity index is 806. The minimum Gasteiger partial charge on any atom is -0.379 e. The Hall–Kier alpha value is -2.16. The molecular weight excluding hydrogens is 388 g/mol. The number of aliphatic imine (C=N–C) groups is 1. The maximum absolute atomic E-state index is 12.3. The SMILES string of the molecule is O=C1CCN(c2ccc(/C=C3\SC(=NCCN4CCOCC4)NC3=O)cc2)CC1. The average Bonchev–Trinajstić information content (AvgIpc) is 3.09. The van der Waals surface area contributed by atoms with Gasteiger partial charge in [0.25, 0.3) is 5.91 Å². The molecular formula is C21H26N4O3S. The number of carbonyl (C=O) groups excluding carboxylic acids is 2. The van der Waals surface area contributed by atoms with Crippen LogP contribution in [0.15, 0.2) is 34.2 Å². The number of piperidine rings is 1. The molecule has 4 rings (SSSR count). The topological polar surface area (TPSA) is 74.2 Å². The number of hydrogen-bond acceptors (Lipinski definition) is 7. The van der Waals surface area contributed by atoms with Gasteiger partial charge in [0, 0.05) is 51.3 Å². The zero-order chi connectivity index (χ0) is 20.1. The number of morpholine rings is 1. The van der Waals surface area contributed by atoms with Gasteiger partial charge in [-0.2, -0.15) is 0 Å². The van der Waals surface area contributed by atoms with Crippen LogP contribution in [0.25, 0.3) is 6.08 Å². The summed E-state index contributed by atoms with van der Waals surface area (Å²) in [4.78, 5) is 33.4. The molecule has 3 aliphatic heterocycles. The maximum Gasteiger partial charge on any atom is 0.264 e. The Labute approximate surface area is 175 Å². The molecule has 3 heterocycles. The van der Waals surface area contributed by atoms with Crippen LogP contribution in [0, 0.1) is 0 Å². The van der Waals surface area contributed by atoms with E-state index < -0.39 is 0 Å². The highest BCUT2D eigenvalue weighted by Crippen LogP contribution is 2.27. The number of ketones is 1. The van der Waals surface area contributed by atoms with Gasteiger partial charge in [-0.15, -0.1) is 0 Å². The number of amidine groups is 1. The molecule has 1 amide bonds. The summed E-state index contributed by atoms with van der Waals surface area (Å²) in [5, 5.41) is 3.52. The third-order valence-electron chi connectivity index (χ3n) is 5.30. The van der Waals surface area contributed by atoms with Crippen LogP contribution in [0.3, 0.4) is 0 Å². The van der Waals surface area contributed by atoms with Crippen LogP contribution >= 0.6 is 11.8 Å². The lowest BCUT2D eigenvalue weighted by atomic mass is 10.1. The quantitative estimate of drug-likeness (QED) is 0.740. The Morgan fingerprint density at radius 2 is 1.79 bits per heavy atom. The lowest BCUT2D eigenvalue weighted by Crippen LogP contribution is -2.37. The highest BCUT2D eigenvalue weighted by atomic mass is 32.2. The van der Waals surface area contributed by atoms with E-state index in [2.05, 4.69) is 32.2 Å². The molecule has 3 saturated heterocycles. The molecule has 0 aromatic heterocycles. The number of rotatable bonds is 5. The van der Waals surface area contributed by atoms with Gasteiger partial charge in [0.15, 0.2) is 5.17 Å². The summed E-state index contributed by atoms with van der Waals surface area (Å²) in [6, 6.07) is 8.13. The molecule has 0 spiro atoms. The molecule has 0 aliphatic carbocycles. The monoisotopic (exact) mass is 414 g/mol. The first kappa shape index (κ1) is 20.1. The highest BCUT2D eigenvalue weighted by molar-refractivity contribution is 8.18. The van der Waals surface area contributed by atoms with Gasteiger partial charge < -0.3 is 15.0 Å². The van der Waals surface area contributed by atoms with Gasteiger partial charge in [-0.05, 0) is 35.5 Å². The fourth-order valence-electron chi connectivity index (χ4n) is 3.57. The van der Waals surface area contributed by atoms with Crippen molar-refractivity contribution in [1.82, 2.24) is 10.2 Å². The first-order valence-electron chi connectivity index (χ1n) is 10.1. The van der Waals surface area contributed by atoms with Crippen LogP contribution in [-0.2, 0) is 14.3 Å². The van der Waals surface area contributed by atoms with E-state index in [-0.39, 0.29) is 5.91 Å². The predicted octanol–water partition coefficient (Wildman–Crippen LogP) is 1.75. The number of hydrogen-bond donors (Lipinski definition) is 1. The summed E-state index contributed by atoms with van der Waals surface area (Å²) in [7, 11) is 0. The van der Waals surface area contributed by atoms with E-state index in [9.17, 15) is 9.59 Å². The van der Waals surface area contributed by atoms with E-state index in [1.54, 1.807) is 0 Å². The summed E-state index contributed by atoms with van der Waals surface area (Å²) in [5.41, 5.74) is 2.10. The molecule has 0 atom stereocenters. The van der Waals surface area contributed by atoms with E-state index in [1.165, 1.54) is 11.8 Å². The lowest BCUT2D eigenvalue weighted by Gasteiger charge is -2.28. The molecule has 29 heavy (non-hydrogen) atoms. The zero-order valence-corrected chi connectivity index (χ0v) is 17.2. The number of Topliss-reactive ketones (excluding diaryl/α,β-unsaturated/α-hetero) is 1. The summed E-state index contributed by atoms with van der Waals surface area (Å²) >= 11 is 1.39. The second-order valence-electron chi connectivity index (χ2n) is 7.32. The summed E-state index contributed by atoms with van der Waals surface area (Å²) < 4.78 is 5.35. The third-order valence-corrected chi connectivity index (χ3v) is 6.25. The number of benzene rings is 1. The fraction of sp³-hybridized carbons (Fsp3) is 0.476. The summed E-state index contributed by atoms with van der Waals surface area (Å²) in [6.07, 6.45) is 3.14. The van der Waals surface area contributed by atoms with Crippen molar-refractivity contribution in [2.45, 2.75) is 12.8 Å². The first-order valence-corrected chi connectivity index (χ1v) is 10.9. The van der Waals surface area contributed by atoms with Crippen molar-refractivity contribution >= 4 is 40.4 Å². The lowest BCUT2D eigenvalue weighted by molar-refractivity contribution is -0.119. The van der Waals surface area contributed by atoms with Crippen molar-refractivity contribution in [2.24, 2.45) is 4.99 Å². The molecule has 1 aromatic rings. The Morgan fingerprint density at radius 3 is 2.52 bits per heavy atom. The van der Waals surface area contributed by atoms with Gasteiger partial charge in [0.1, 0.15) is 5.78 Å². The second kappa shape index (κ2) is 9.56. The molecule has 3 fully saturated rings. The van der Waals surface area contributed by atoms with Gasteiger partial charge in [-0.25, -0.2) is 0 Å². The van der Waals surface area contributed by atoms with Crippen molar-refractivity contribution in [3.63, 3.8) is 0 Å². The number of nitrogens with zero attached hydrogens (tertiary/aromatic N) is 3. The molecule has 154 valence electrons. The standard InChI is InChI=1S/C21H26N4O3S/c26-18-5-8-25(9-6-18)17-3-1-16(2-4-17)15-19-20(27)23-21(29-19)22-7-10-24-11-13-28-14-12-24/h1-4,15H,5-14H2,(H,22,23,27)/b19-15-. The molecule has 1 aromatic carbocycles. The summed E-state index contributed by atoms with van der Waals surface area (Å²) in [5.74, 6) is 0.244. The third kappa shape index (κ3) is 5.46. The number of anilines is 1. The average molecular weight is 415 g/mol. The van der Waals surface area contributed by atoms with Crippen molar-refractivity contribution in [1.29, 1.82) is 0 Å². The molecule has 7 nitrogen and oxygen atoms in total. The van der Waals surface area contributed by atoms with Crippen LogP contribution in [0.4, 0.5) is 5.69 Å². The summed E-state index contributed by atoms with van der Waals surface area (Å²) in [6.45, 7) is 6.56. The minimum absolute atomic E-state index is 0.0984. The van der Waals surface area contributed by atoms with Gasteiger partial charge in [-0.1, -0.05) is 12.1 Å². The van der Waals surface area contributed by atoms with E-state index in [1.807, 2.05) is 18.2 Å². The predicted molar refractivity (Wildman–Crippen MR) is 116 cm³/mol. The molecule has 1 N–H and O–H groups in total. The normalized spacial score (nSPS) is 23.8. The van der Waals surface area contributed by atoms with Crippen LogP contribution in [0.2, 0.25) is 0 Å². The smallest absolute Gasteiger partial charge is 0.264 e. The second-order valence-corrected chi connectivity index (χ2v) is 8.35. The van der Waals surface area contributed by atoms with Crippen LogP contribution in [0.1, 0.15) is 18.4 Å². The fourth-order valence-corrected chi connectivity index (χ4v) is 4.41. The Kier molecular flexibility index (Phi) is 6.63. The van der Waals surface area contributed by atoms with E-state index in [4.69, 9.17) is 4.74 Å².